The molecule has 2 atom stereocenters. The second-order valence-electron chi connectivity index (χ2n) is 5.86. The number of carbonyl (C=O) groups excluding carboxylic acids is 1. The summed E-state index contributed by atoms with van der Waals surface area (Å²) in [6.07, 6.45) is 2.28. The van der Waals surface area contributed by atoms with E-state index in [1.165, 1.54) is 0 Å². The van der Waals surface area contributed by atoms with E-state index in [0.717, 1.165) is 25.1 Å². The third-order valence-electron chi connectivity index (χ3n) is 3.95. The van der Waals surface area contributed by atoms with Gasteiger partial charge in [-0.3, -0.25) is 14.7 Å². The Morgan fingerprint density at radius 1 is 1.52 bits per heavy atom. The molecule has 1 aliphatic heterocycles. The minimum Gasteiger partial charge on any atom is -0.392 e. The molecular formula is C16H25N3O2. The van der Waals surface area contributed by atoms with Gasteiger partial charge in [0, 0.05) is 38.4 Å². The summed E-state index contributed by atoms with van der Waals surface area (Å²) in [5.41, 5.74) is 1.67. The number of aliphatic hydroxyl groups is 1. The molecule has 5 heteroatoms. The minimum atomic E-state index is -0.331. The molecular weight excluding hydrogens is 266 g/mol. The van der Waals surface area contributed by atoms with Crippen LogP contribution in [0.2, 0.25) is 0 Å². The van der Waals surface area contributed by atoms with Crippen LogP contribution < -0.4 is 0 Å². The summed E-state index contributed by atoms with van der Waals surface area (Å²) in [6.45, 7) is 8.86. The smallest absolute Gasteiger partial charge is 0.272 e. The molecule has 1 amide bonds. The Hall–Kier alpha value is -1.46. The summed E-state index contributed by atoms with van der Waals surface area (Å²) in [5, 5.41) is 9.47. The molecule has 0 unspecified atom stereocenters. The monoisotopic (exact) mass is 291 g/mol. The van der Waals surface area contributed by atoms with E-state index in [2.05, 4.69) is 23.7 Å². The highest BCUT2D eigenvalue weighted by atomic mass is 16.3. The Balaban J connectivity index is 2.03. The Morgan fingerprint density at radius 2 is 2.29 bits per heavy atom. The third kappa shape index (κ3) is 4.02. The summed E-state index contributed by atoms with van der Waals surface area (Å²) >= 11 is 0. The molecule has 0 bridgehead atoms. The first-order chi connectivity index (χ1) is 10.0. The fourth-order valence-corrected chi connectivity index (χ4v) is 2.83. The van der Waals surface area contributed by atoms with Crippen LogP contribution >= 0.6 is 0 Å². The van der Waals surface area contributed by atoms with Gasteiger partial charge >= 0.3 is 0 Å². The number of hydrogen-bond acceptors (Lipinski definition) is 4. The van der Waals surface area contributed by atoms with Gasteiger partial charge in [0.15, 0.2) is 0 Å². The maximum Gasteiger partial charge on any atom is 0.272 e. The van der Waals surface area contributed by atoms with E-state index in [-0.39, 0.29) is 18.1 Å². The predicted octanol–water partition coefficient (Wildman–Crippen LogP) is 1.17. The second kappa shape index (κ2) is 7.00. The number of aromatic nitrogens is 1. The molecule has 1 aromatic heterocycles. The first kappa shape index (κ1) is 15.9. The number of rotatable bonds is 4. The van der Waals surface area contributed by atoms with Crippen molar-refractivity contribution in [2.45, 2.75) is 39.3 Å². The second-order valence-corrected chi connectivity index (χ2v) is 5.86. The quantitative estimate of drug-likeness (QED) is 0.905. The highest BCUT2D eigenvalue weighted by molar-refractivity contribution is 5.92. The highest BCUT2D eigenvalue weighted by Gasteiger charge is 2.29. The van der Waals surface area contributed by atoms with Crippen LogP contribution in [0.3, 0.4) is 0 Å². The molecule has 1 aromatic rings. The SMILES string of the molecule is CCc1ccnc(C(=O)N2CCN(C[C@@H](C)O)C[C@@H]2C)c1. The lowest BCUT2D eigenvalue weighted by Crippen LogP contribution is -2.55. The Morgan fingerprint density at radius 3 is 2.90 bits per heavy atom. The Labute approximate surface area is 126 Å². The van der Waals surface area contributed by atoms with Crippen LogP contribution in [0.25, 0.3) is 0 Å². The van der Waals surface area contributed by atoms with Crippen molar-refractivity contribution in [2.24, 2.45) is 0 Å². The van der Waals surface area contributed by atoms with Gasteiger partial charge in [0.25, 0.3) is 5.91 Å². The van der Waals surface area contributed by atoms with E-state index in [1.54, 1.807) is 13.1 Å². The molecule has 0 aromatic carbocycles. The number of amides is 1. The van der Waals surface area contributed by atoms with Gasteiger partial charge in [-0.05, 0) is 38.0 Å². The van der Waals surface area contributed by atoms with E-state index in [1.807, 2.05) is 17.0 Å². The molecule has 21 heavy (non-hydrogen) atoms. The molecule has 0 spiro atoms. The van der Waals surface area contributed by atoms with Crippen molar-refractivity contribution >= 4 is 5.91 Å². The number of aliphatic hydroxyl groups excluding tert-OH is 1. The van der Waals surface area contributed by atoms with Crippen molar-refractivity contribution < 1.29 is 9.90 Å². The molecule has 1 fully saturated rings. The van der Waals surface area contributed by atoms with E-state index in [9.17, 15) is 9.90 Å². The highest BCUT2D eigenvalue weighted by Crippen LogP contribution is 2.14. The molecule has 1 saturated heterocycles. The lowest BCUT2D eigenvalue weighted by atomic mass is 10.1. The van der Waals surface area contributed by atoms with Crippen molar-refractivity contribution in [3.8, 4) is 0 Å². The van der Waals surface area contributed by atoms with Gasteiger partial charge in [-0.15, -0.1) is 0 Å². The number of β-amino-alcohol motifs (C(OH)–C–C–N with tert-alkyl or cyclic N) is 1. The average molecular weight is 291 g/mol. The van der Waals surface area contributed by atoms with Gasteiger partial charge in [-0.25, -0.2) is 0 Å². The Kier molecular flexibility index (Phi) is 5.31. The van der Waals surface area contributed by atoms with Gasteiger partial charge in [-0.2, -0.15) is 0 Å². The van der Waals surface area contributed by atoms with Gasteiger partial charge in [0.05, 0.1) is 6.10 Å². The van der Waals surface area contributed by atoms with E-state index in [0.29, 0.717) is 18.8 Å². The minimum absolute atomic E-state index is 0.00879. The molecule has 0 radical (unpaired) electrons. The van der Waals surface area contributed by atoms with Crippen LogP contribution in [-0.2, 0) is 6.42 Å². The van der Waals surface area contributed by atoms with Gasteiger partial charge in [0.1, 0.15) is 5.69 Å². The number of aryl methyl sites for hydroxylation is 1. The zero-order valence-corrected chi connectivity index (χ0v) is 13.1. The molecule has 5 nitrogen and oxygen atoms in total. The van der Waals surface area contributed by atoms with Crippen molar-refractivity contribution in [1.29, 1.82) is 0 Å². The number of carbonyl (C=O) groups is 1. The number of nitrogens with zero attached hydrogens (tertiary/aromatic N) is 3. The number of piperazine rings is 1. The first-order valence-electron chi connectivity index (χ1n) is 7.67. The molecule has 2 rings (SSSR count). The van der Waals surface area contributed by atoms with Gasteiger partial charge in [-0.1, -0.05) is 6.92 Å². The maximum atomic E-state index is 12.6. The summed E-state index contributed by atoms with van der Waals surface area (Å²) in [7, 11) is 0. The zero-order valence-electron chi connectivity index (χ0n) is 13.1. The summed E-state index contributed by atoms with van der Waals surface area (Å²) in [5.74, 6) is 0.00879. The van der Waals surface area contributed by atoms with Crippen LogP contribution in [0.5, 0.6) is 0 Å². The Bertz CT molecular complexity index is 490. The van der Waals surface area contributed by atoms with Crippen LogP contribution in [0.15, 0.2) is 18.3 Å². The van der Waals surface area contributed by atoms with E-state index >= 15 is 0 Å². The summed E-state index contributed by atoms with van der Waals surface area (Å²) in [4.78, 5) is 20.9. The molecule has 116 valence electrons. The fourth-order valence-electron chi connectivity index (χ4n) is 2.83. The first-order valence-corrected chi connectivity index (χ1v) is 7.67. The largest absolute Gasteiger partial charge is 0.392 e. The maximum absolute atomic E-state index is 12.6. The van der Waals surface area contributed by atoms with Crippen molar-refractivity contribution in [3.63, 3.8) is 0 Å². The summed E-state index contributed by atoms with van der Waals surface area (Å²) in [6, 6.07) is 3.97. The van der Waals surface area contributed by atoms with Crippen LogP contribution in [0.4, 0.5) is 0 Å². The molecule has 0 aliphatic carbocycles. The van der Waals surface area contributed by atoms with Crippen molar-refractivity contribution in [2.75, 3.05) is 26.2 Å². The number of hydrogen-bond donors (Lipinski definition) is 1. The predicted molar refractivity (Wildman–Crippen MR) is 82.2 cm³/mol. The standard InChI is InChI=1S/C16H25N3O2/c1-4-14-5-6-17-15(9-14)16(21)19-8-7-18(10-12(19)2)11-13(3)20/h5-6,9,12-13,20H,4,7-8,10-11H2,1-3H3/t12-,13+/m0/s1. The molecule has 2 heterocycles. The lowest BCUT2D eigenvalue weighted by molar-refractivity contribution is 0.0378. The van der Waals surface area contributed by atoms with Crippen LogP contribution in [0.1, 0.15) is 36.8 Å². The summed E-state index contributed by atoms with van der Waals surface area (Å²) < 4.78 is 0. The topological polar surface area (TPSA) is 56.7 Å². The molecule has 0 saturated carbocycles. The zero-order chi connectivity index (χ0) is 15.4. The van der Waals surface area contributed by atoms with Gasteiger partial charge < -0.3 is 10.0 Å². The van der Waals surface area contributed by atoms with E-state index < -0.39 is 0 Å². The van der Waals surface area contributed by atoms with E-state index in [4.69, 9.17) is 0 Å². The van der Waals surface area contributed by atoms with Crippen LogP contribution in [0, 0.1) is 0 Å². The average Bonchev–Trinajstić information content (AvgIpc) is 2.46. The molecule has 1 N–H and O–H groups in total. The number of pyridine rings is 1. The normalized spacial score (nSPS) is 21.3. The fraction of sp³-hybridized carbons (Fsp3) is 0.625. The lowest BCUT2D eigenvalue weighted by Gasteiger charge is -2.40. The third-order valence-corrected chi connectivity index (χ3v) is 3.95. The molecule has 1 aliphatic rings. The van der Waals surface area contributed by atoms with Crippen molar-refractivity contribution in [1.82, 2.24) is 14.8 Å². The van der Waals surface area contributed by atoms with Crippen LogP contribution in [-0.4, -0.2) is 64.1 Å². The van der Waals surface area contributed by atoms with Crippen molar-refractivity contribution in [3.05, 3.63) is 29.6 Å². The van der Waals surface area contributed by atoms with Gasteiger partial charge in [0.2, 0.25) is 0 Å².